The van der Waals surface area contributed by atoms with E-state index in [4.69, 9.17) is 27.9 Å². The van der Waals surface area contributed by atoms with Crippen molar-refractivity contribution in [3.8, 4) is 5.75 Å². The first-order chi connectivity index (χ1) is 9.11. The van der Waals surface area contributed by atoms with Gasteiger partial charge in [-0.15, -0.1) is 0 Å². The van der Waals surface area contributed by atoms with E-state index in [1.54, 1.807) is 24.3 Å². The highest BCUT2D eigenvalue weighted by atomic mass is 35.5. The number of methoxy groups -OCH3 is 1. The average Bonchev–Trinajstić information content (AvgIpc) is 2.41. The lowest BCUT2D eigenvalue weighted by molar-refractivity contribution is 0.0990. The SMILES string of the molecule is COc1ccc(Cl)cc1C(=O)Cc1ccccc1Cl. The number of carbonyl (C=O) groups excluding carboxylic acids is 1. The van der Waals surface area contributed by atoms with Crippen LogP contribution >= 0.6 is 23.2 Å². The topological polar surface area (TPSA) is 26.3 Å². The monoisotopic (exact) mass is 294 g/mol. The number of benzene rings is 2. The standard InChI is InChI=1S/C15H12Cl2O2/c1-19-15-7-6-11(16)9-12(15)14(18)8-10-4-2-3-5-13(10)17/h2-7,9H,8H2,1H3. The zero-order chi connectivity index (χ0) is 13.8. The van der Waals surface area contributed by atoms with Crippen LogP contribution in [0.1, 0.15) is 15.9 Å². The highest BCUT2D eigenvalue weighted by Crippen LogP contribution is 2.25. The van der Waals surface area contributed by atoms with E-state index in [1.165, 1.54) is 7.11 Å². The van der Waals surface area contributed by atoms with Crippen molar-refractivity contribution in [2.45, 2.75) is 6.42 Å². The van der Waals surface area contributed by atoms with E-state index < -0.39 is 0 Å². The molecule has 0 radical (unpaired) electrons. The molecule has 2 rings (SSSR count). The Labute approximate surface area is 121 Å². The van der Waals surface area contributed by atoms with E-state index >= 15 is 0 Å². The molecule has 0 spiro atoms. The molecule has 0 heterocycles. The molecule has 2 aromatic carbocycles. The van der Waals surface area contributed by atoms with Crippen LogP contribution in [-0.4, -0.2) is 12.9 Å². The third-order valence-electron chi connectivity index (χ3n) is 2.77. The van der Waals surface area contributed by atoms with Gasteiger partial charge in [0.05, 0.1) is 12.7 Å². The second kappa shape index (κ2) is 6.09. The summed E-state index contributed by atoms with van der Waals surface area (Å²) in [6.07, 6.45) is 0.219. The Hall–Kier alpha value is -1.51. The number of ether oxygens (including phenoxy) is 1. The van der Waals surface area contributed by atoms with Crippen molar-refractivity contribution in [1.82, 2.24) is 0 Å². The summed E-state index contributed by atoms with van der Waals surface area (Å²) < 4.78 is 5.18. The lowest BCUT2D eigenvalue weighted by Crippen LogP contribution is -2.06. The fourth-order valence-corrected chi connectivity index (χ4v) is 2.18. The van der Waals surface area contributed by atoms with Crippen LogP contribution in [0.2, 0.25) is 10.0 Å². The minimum Gasteiger partial charge on any atom is -0.496 e. The van der Waals surface area contributed by atoms with Crippen LogP contribution in [0.5, 0.6) is 5.75 Å². The van der Waals surface area contributed by atoms with Crippen LogP contribution in [0.15, 0.2) is 42.5 Å². The zero-order valence-corrected chi connectivity index (χ0v) is 11.8. The molecule has 0 aliphatic heterocycles. The van der Waals surface area contributed by atoms with Crippen LogP contribution in [0.4, 0.5) is 0 Å². The van der Waals surface area contributed by atoms with E-state index in [1.807, 2.05) is 18.2 Å². The molecule has 2 aromatic rings. The predicted octanol–water partition coefficient (Wildman–Crippen LogP) is 4.43. The number of hydrogen-bond acceptors (Lipinski definition) is 2. The molecule has 0 N–H and O–H groups in total. The van der Waals surface area contributed by atoms with Crippen molar-refractivity contribution in [3.63, 3.8) is 0 Å². The normalized spacial score (nSPS) is 10.3. The fourth-order valence-electron chi connectivity index (χ4n) is 1.81. The maximum absolute atomic E-state index is 12.3. The van der Waals surface area contributed by atoms with Crippen LogP contribution in [0.3, 0.4) is 0 Å². The molecule has 0 fully saturated rings. The van der Waals surface area contributed by atoms with Gasteiger partial charge in [0.15, 0.2) is 5.78 Å². The molecule has 0 atom stereocenters. The first-order valence-electron chi connectivity index (χ1n) is 5.72. The fraction of sp³-hybridized carbons (Fsp3) is 0.133. The molecule has 0 aromatic heterocycles. The van der Waals surface area contributed by atoms with Crippen LogP contribution in [0, 0.1) is 0 Å². The van der Waals surface area contributed by atoms with Crippen molar-refractivity contribution < 1.29 is 9.53 Å². The molecule has 0 bridgehead atoms. The van der Waals surface area contributed by atoms with Gasteiger partial charge in [0.1, 0.15) is 5.75 Å². The van der Waals surface area contributed by atoms with Crippen molar-refractivity contribution in [2.24, 2.45) is 0 Å². The average molecular weight is 295 g/mol. The summed E-state index contributed by atoms with van der Waals surface area (Å²) in [4.78, 5) is 12.3. The number of hydrogen-bond donors (Lipinski definition) is 0. The third-order valence-corrected chi connectivity index (χ3v) is 3.37. The largest absolute Gasteiger partial charge is 0.496 e. The van der Waals surface area contributed by atoms with Crippen molar-refractivity contribution in [2.75, 3.05) is 7.11 Å². The van der Waals surface area contributed by atoms with Crippen LogP contribution < -0.4 is 4.74 Å². The number of rotatable bonds is 4. The first kappa shape index (κ1) is 13.9. The molecule has 0 aliphatic rings. The molecule has 19 heavy (non-hydrogen) atoms. The maximum atomic E-state index is 12.3. The van der Waals surface area contributed by atoms with E-state index in [2.05, 4.69) is 0 Å². The molecule has 0 unspecified atom stereocenters. The van der Waals surface area contributed by atoms with Gasteiger partial charge in [-0.25, -0.2) is 0 Å². The summed E-state index contributed by atoms with van der Waals surface area (Å²) in [7, 11) is 1.52. The van der Waals surface area contributed by atoms with Gasteiger partial charge >= 0.3 is 0 Å². The first-order valence-corrected chi connectivity index (χ1v) is 6.47. The molecule has 2 nitrogen and oxygen atoms in total. The molecule has 98 valence electrons. The van der Waals surface area contributed by atoms with Gasteiger partial charge in [0, 0.05) is 16.5 Å². The predicted molar refractivity (Wildman–Crippen MR) is 77.5 cm³/mol. The molecule has 0 saturated heterocycles. The lowest BCUT2D eigenvalue weighted by Gasteiger charge is -2.09. The van der Waals surface area contributed by atoms with E-state index in [-0.39, 0.29) is 12.2 Å². The quantitative estimate of drug-likeness (QED) is 0.780. The number of ketones is 1. The van der Waals surface area contributed by atoms with E-state index in [0.29, 0.717) is 21.4 Å². The van der Waals surface area contributed by atoms with E-state index in [9.17, 15) is 4.79 Å². The summed E-state index contributed by atoms with van der Waals surface area (Å²) in [5, 5.41) is 1.08. The summed E-state index contributed by atoms with van der Waals surface area (Å²) in [5.74, 6) is 0.439. The zero-order valence-electron chi connectivity index (χ0n) is 10.3. The molecular weight excluding hydrogens is 283 g/mol. The van der Waals surface area contributed by atoms with Gasteiger partial charge in [-0.1, -0.05) is 41.4 Å². The molecular formula is C15H12Cl2O2. The minimum absolute atomic E-state index is 0.0764. The van der Waals surface area contributed by atoms with Gasteiger partial charge < -0.3 is 4.74 Å². The Morgan fingerprint density at radius 3 is 2.58 bits per heavy atom. The second-order valence-electron chi connectivity index (χ2n) is 4.04. The van der Waals surface area contributed by atoms with Gasteiger partial charge in [0.2, 0.25) is 0 Å². The minimum atomic E-state index is -0.0764. The summed E-state index contributed by atoms with van der Waals surface area (Å²) in [6.45, 7) is 0. The number of halogens is 2. The lowest BCUT2D eigenvalue weighted by atomic mass is 10.0. The third kappa shape index (κ3) is 3.28. The Morgan fingerprint density at radius 2 is 1.89 bits per heavy atom. The highest BCUT2D eigenvalue weighted by Gasteiger charge is 2.14. The van der Waals surface area contributed by atoms with Crippen LogP contribution in [-0.2, 0) is 6.42 Å². The van der Waals surface area contributed by atoms with Gasteiger partial charge in [0.25, 0.3) is 0 Å². The van der Waals surface area contributed by atoms with Gasteiger partial charge in [-0.3, -0.25) is 4.79 Å². The Morgan fingerprint density at radius 1 is 1.16 bits per heavy atom. The Bertz CT molecular complexity index is 609. The van der Waals surface area contributed by atoms with Crippen molar-refractivity contribution >= 4 is 29.0 Å². The second-order valence-corrected chi connectivity index (χ2v) is 4.88. The molecule has 0 aliphatic carbocycles. The van der Waals surface area contributed by atoms with Crippen molar-refractivity contribution in [3.05, 3.63) is 63.6 Å². The molecule has 4 heteroatoms. The Balaban J connectivity index is 2.30. The summed E-state index contributed by atoms with van der Waals surface area (Å²) >= 11 is 12.0. The smallest absolute Gasteiger partial charge is 0.171 e. The molecule has 0 saturated carbocycles. The summed E-state index contributed by atoms with van der Waals surface area (Å²) in [6, 6.07) is 12.3. The number of carbonyl (C=O) groups is 1. The van der Waals surface area contributed by atoms with Gasteiger partial charge in [-0.2, -0.15) is 0 Å². The maximum Gasteiger partial charge on any atom is 0.171 e. The molecule has 0 amide bonds. The Kier molecular flexibility index (Phi) is 4.46. The van der Waals surface area contributed by atoms with Crippen LogP contribution in [0.25, 0.3) is 0 Å². The van der Waals surface area contributed by atoms with E-state index in [0.717, 1.165) is 5.56 Å². The number of Topliss-reactive ketones (excluding diaryl/α,β-unsaturated/α-hetero) is 1. The highest BCUT2D eigenvalue weighted by molar-refractivity contribution is 6.32. The van der Waals surface area contributed by atoms with Crippen molar-refractivity contribution in [1.29, 1.82) is 0 Å². The van der Waals surface area contributed by atoms with Gasteiger partial charge in [-0.05, 0) is 29.8 Å². The summed E-state index contributed by atoms with van der Waals surface area (Å²) in [5.41, 5.74) is 1.26.